The molecule has 0 radical (unpaired) electrons. The van der Waals surface area contributed by atoms with Crippen molar-refractivity contribution < 1.29 is 9.53 Å². The lowest BCUT2D eigenvalue weighted by Crippen LogP contribution is -2.16. The molecule has 0 aliphatic rings. The zero-order chi connectivity index (χ0) is 11.3. The second-order valence-corrected chi connectivity index (χ2v) is 2.84. The van der Waals surface area contributed by atoms with Crippen LogP contribution in [0.1, 0.15) is 29.4 Å². The quantitative estimate of drug-likeness (QED) is 0.742. The van der Waals surface area contributed by atoms with E-state index in [1.165, 1.54) is 12.3 Å². The summed E-state index contributed by atoms with van der Waals surface area (Å²) >= 11 is 0. The molecule has 0 atom stereocenters. The van der Waals surface area contributed by atoms with Crippen LogP contribution >= 0.6 is 0 Å². The first-order chi connectivity index (χ1) is 7.20. The van der Waals surface area contributed by atoms with Gasteiger partial charge in [0, 0.05) is 12.3 Å². The fourth-order valence-corrected chi connectivity index (χ4v) is 1.02. The SMILES string of the molecule is CCCOC(=O)c1[nH]ccc(=O)c1C#N. The van der Waals surface area contributed by atoms with Crippen molar-refractivity contribution in [1.82, 2.24) is 4.98 Å². The Balaban J connectivity index is 3.05. The van der Waals surface area contributed by atoms with E-state index < -0.39 is 11.4 Å². The van der Waals surface area contributed by atoms with Gasteiger partial charge in [0.05, 0.1) is 6.61 Å². The molecule has 1 N–H and O–H groups in total. The standard InChI is InChI=1S/C10H10N2O3/c1-2-5-15-10(14)9-7(6-11)8(13)3-4-12-9/h3-4H,2,5H2,1H3,(H,12,13). The number of aromatic nitrogens is 1. The smallest absolute Gasteiger partial charge is 0.356 e. The Morgan fingerprint density at radius 1 is 1.67 bits per heavy atom. The van der Waals surface area contributed by atoms with Crippen LogP contribution in [0, 0.1) is 11.3 Å². The molecule has 1 aromatic heterocycles. The minimum absolute atomic E-state index is 0.0848. The number of hydrogen-bond acceptors (Lipinski definition) is 4. The number of hydrogen-bond donors (Lipinski definition) is 1. The summed E-state index contributed by atoms with van der Waals surface area (Å²) < 4.78 is 4.81. The average molecular weight is 206 g/mol. The minimum Gasteiger partial charge on any atom is -0.461 e. The molecule has 1 rings (SSSR count). The summed E-state index contributed by atoms with van der Waals surface area (Å²) in [5.74, 6) is -0.675. The van der Waals surface area contributed by atoms with E-state index in [4.69, 9.17) is 10.00 Å². The van der Waals surface area contributed by atoms with Crippen LogP contribution in [-0.2, 0) is 4.74 Å². The number of H-pyrrole nitrogens is 1. The first-order valence-electron chi connectivity index (χ1n) is 4.49. The second kappa shape index (κ2) is 4.96. The van der Waals surface area contributed by atoms with Gasteiger partial charge < -0.3 is 9.72 Å². The van der Waals surface area contributed by atoms with Crippen molar-refractivity contribution >= 4 is 5.97 Å². The molecular formula is C10H10N2O3. The number of ether oxygens (including phenoxy) is 1. The maximum Gasteiger partial charge on any atom is 0.356 e. The van der Waals surface area contributed by atoms with Gasteiger partial charge in [-0.3, -0.25) is 4.79 Å². The van der Waals surface area contributed by atoms with E-state index in [1.807, 2.05) is 6.92 Å². The molecule has 0 spiro atoms. The maximum absolute atomic E-state index is 11.4. The molecule has 0 aromatic carbocycles. The summed E-state index contributed by atoms with van der Waals surface area (Å²) in [5.41, 5.74) is -0.781. The molecule has 5 heteroatoms. The summed E-state index contributed by atoms with van der Waals surface area (Å²) in [6.45, 7) is 2.12. The zero-order valence-electron chi connectivity index (χ0n) is 8.24. The number of aromatic amines is 1. The third-order valence-electron chi connectivity index (χ3n) is 1.71. The van der Waals surface area contributed by atoms with Gasteiger partial charge >= 0.3 is 5.97 Å². The van der Waals surface area contributed by atoms with Crippen LogP contribution in [0.2, 0.25) is 0 Å². The Bertz CT molecular complexity index is 456. The highest BCUT2D eigenvalue weighted by Crippen LogP contribution is 2.01. The Hall–Kier alpha value is -2.09. The molecule has 1 aromatic rings. The van der Waals surface area contributed by atoms with Gasteiger partial charge in [-0.1, -0.05) is 6.92 Å². The number of carbonyl (C=O) groups excluding carboxylic acids is 1. The summed E-state index contributed by atoms with van der Waals surface area (Å²) in [4.78, 5) is 25.1. The molecule has 0 aliphatic heterocycles. The highest BCUT2D eigenvalue weighted by molar-refractivity contribution is 5.89. The number of nitriles is 1. The van der Waals surface area contributed by atoms with Crippen LogP contribution in [0.25, 0.3) is 0 Å². The van der Waals surface area contributed by atoms with Crippen LogP contribution in [0.4, 0.5) is 0 Å². The summed E-state index contributed by atoms with van der Waals surface area (Å²) in [7, 11) is 0. The van der Waals surface area contributed by atoms with Crippen molar-refractivity contribution in [2.75, 3.05) is 6.61 Å². The highest BCUT2D eigenvalue weighted by atomic mass is 16.5. The van der Waals surface area contributed by atoms with Gasteiger partial charge in [-0.2, -0.15) is 5.26 Å². The van der Waals surface area contributed by atoms with Gasteiger partial charge in [0.2, 0.25) is 0 Å². The van der Waals surface area contributed by atoms with Crippen LogP contribution < -0.4 is 5.43 Å². The third kappa shape index (κ3) is 2.44. The molecule has 0 fully saturated rings. The third-order valence-corrected chi connectivity index (χ3v) is 1.71. The lowest BCUT2D eigenvalue weighted by molar-refractivity contribution is 0.0497. The molecule has 5 nitrogen and oxygen atoms in total. The Labute approximate surface area is 86.3 Å². The molecule has 0 bridgehead atoms. The van der Waals surface area contributed by atoms with Crippen LogP contribution in [-0.4, -0.2) is 17.6 Å². The zero-order valence-corrected chi connectivity index (χ0v) is 8.24. The minimum atomic E-state index is -0.675. The van der Waals surface area contributed by atoms with Crippen LogP contribution in [0.3, 0.4) is 0 Å². The normalized spacial score (nSPS) is 9.33. The highest BCUT2D eigenvalue weighted by Gasteiger charge is 2.15. The van der Waals surface area contributed by atoms with Crippen molar-refractivity contribution in [3.8, 4) is 6.07 Å². The number of nitrogens with one attached hydrogen (secondary N) is 1. The number of nitrogens with zero attached hydrogens (tertiary/aromatic N) is 1. The molecule has 0 amide bonds. The molecule has 0 aliphatic carbocycles. The lowest BCUT2D eigenvalue weighted by atomic mass is 10.2. The van der Waals surface area contributed by atoms with Gasteiger partial charge in [-0.05, 0) is 6.42 Å². The molecule has 0 saturated carbocycles. The van der Waals surface area contributed by atoms with Gasteiger partial charge in [0.15, 0.2) is 5.43 Å². The number of rotatable bonds is 3. The van der Waals surface area contributed by atoms with Gasteiger partial charge in [0.1, 0.15) is 17.3 Å². The van der Waals surface area contributed by atoms with E-state index in [2.05, 4.69) is 4.98 Å². The van der Waals surface area contributed by atoms with E-state index >= 15 is 0 Å². The van der Waals surface area contributed by atoms with Crippen LogP contribution in [0.5, 0.6) is 0 Å². The molecule has 0 unspecified atom stereocenters. The summed E-state index contributed by atoms with van der Waals surface area (Å²) in [6, 6.07) is 2.87. The first-order valence-corrected chi connectivity index (χ1v) is 4.49. The fourth-order valence-electron chi connectivity index (χ4n) is 1.02. The van der Waals surface area contributed by atoms with E-state index in [0.717, 1.165) is 0 Å². The molecule has 78 valence electrons. The molecular weight excluding hydrogens is 196 g/mol. The molecule has 1 heterocycles. The monoisotopic (exact) mass is 206 g/mol. The van der Waals surface area contributed by atoms with Gasteiger partial charge in [-0.25, -0.2) is 4.79 Å². The maximum atomic E-state index is 11.4. The van der Waals surface area contributed by atoms with E-state index in [-0.39, 0.29) is 17.9 Å². The Morgan fingerprint density at radius 2 is 2.40 bits per heavy atom. The first kappa shape index (κ1) is 11.0. The number of carbonyl (C=O) groups is 1. The van der Waals surface area contributed by atoms with E-state index in [1.54, 1.807) is 6.07 Å². The molecule has 0 saturated heterocycles. The topological polar surface area (TPSA) is 83.0 Å². The Morgan fingerprint density at radius 3 is 3.00 bits per heavy atom. The number of pyridine rings is 1. The fraction of sp³-hybridized carbons (Fsp3) is 0.300. The van der Waals surface area contributed by atoms with Gasteiger partial charge in [0.25, 0.3) is 0 Å². The predicted molar refractivity (Wildman–Crippen MR) is 52.4 cm³/mol. The van der Waals surface area contributed by atoms with Gasteiger partial charge in [-0.15, -0.1) is 0 Å². The lowest BCUT2D eigenvalue weighted by Gasteiger charge is -2.03. The second-order valence-electron chi connectivity index (χ2n) is 2.84. The van der Waals surface area contributed by atoms with Crippen LogP contribution in [0.15, 0.2) is 17.1 Å². The average Bonchev–Trinajstić information content (AvgIpc) is 2.25. The summed E-state index contributed by atoms with van der Waals surface area (Å²) in [6.07, 6.45) is 2.00. The van der Waals surface area contributed by atoms with Crippen molar-refractivity contribution in [1.29, 1.82) is 5.26 Å². The van der Waals surface area contributed by atoms with Crippen molar-refractivity contribution in [2.45, 2.75) is 13.3 Å². The predicted octanol–water partition coefficient (Wildman–Crippen LogP) is 0.813. The summed E-state index contributed by atoms with van der Waals surface area (Å²) in [5, 5.41) is 8.70. The largest absolute Gasteiger partial charge is 0.461 e. The van der Waals surface area contributed by atoms with E-state index in [0.29, 0.717) is 6.42 Å². The van der Waals surface area contributed by atoms with Crippen molar-refractivity contribution in [2.24, 2.45) is 0 Å². The van der Waals surface area contributed by atoms with E-state index in [9.17, 15) is 9.59 Å². The van der Waals surface area contributed by atoms with Crippen molar-refractivity contribution in [3.63, 3.8) is 0 Å². The van der Waals surface area contributed by atoms with Crippen molar-refractivity contribution in [3.05, 3.63) is 33.7 Å². The Kier molecular flexibility index (Phi) is 3.63. The molecule has 15 heavy (non-hydrogen) atoms. The number of esters is 1.